The highest BCUT2D eigenvalue weighted by molar-refractivity contribution is 5.92. The molecule has 0 atom stereocenters. The molecule has 19 heavy (non-hydrogen) atoms. The van der Waals surface area contributed by atoms with Gasteiger partial charge in [0, 0.05) is 29.5 Å². The predicted octanol–water partition coefficient (Wildman–Crippen LogP) is 1.86. The van der Waals surface area contributed by atoms with E-state index in [0.717, 1.165) is 10.9 Å². The van der Waals surface area contributed by atoms with Gasteiger partial charge in [0.05, 0.1) is 11.2 Å². The van der Waals surface area contributed by atoms with E-state index in [1.54, 1.807) is 30.7 Å². The van der Waals surface area contributed by atoms with Crippen LogP contribution in [0.1, 0.15) is 5.56 Å². The Morgan fingerprint density at radius 3 is 2.68 bits per heavy atom. The molecule has 0 radical (unpaired) electrons. The van der Waals surface area contributed by atoms with Gasteiger partial charge < -0.3 is 4.98 Å². The van der Waals surface area contributed by atoms with E-state index in [0.29, 0.717) is 11.2 Å². The molecule has 0 fully saturated rings. The average Bonchev–Trinajstić information content (AvgIpc) is 2.46. The van der Waals surface area contributed by atoms with Crippen molar-refractivity contribution < 1.29 is 0 Å². The maximum atomic E-state index is 11.6. The second-order valence-corrected chi connectivity index (χ2v) is 3.98. The lowest BCUT2D eigenvalue weighted by Crippen LogP contribution is -2.09. The third-order valence-electron chi connectivity index (χ3n) is 2.85. The van der Waals surface area contributed by atoms with Gasteiger partial charge >= 0.3 is 0 Å². The van der Waals surface area contributed by atoms with E-state index in [4.69, 9.17) is 5.26 Å². The van der Waals surface area contributed by atoms with Crippen molar-refractivity contribution in [1.29, 1.82) is 5.26 Å². The van der Waals surface area contributed by atoms with Crippen LogP contribution in [-0.2, 0) is 0 Å². The largest absolute Gasteiger partial charge is 0.321 e. The van der Waals surface area contributed by atoms with Gasteiger partial charge in [-0.25, -0.2) is 0 Å². The third kappa shape index (κ3) is 1.85. The van der Waals surface area contributed by atoms with Crippen molar-refractivity contribution >= 4 is 10.9 Å². The monoisotopic (exact) mass is 248 g/mol. The Balaban J connectivity index is 2.38. The Labute approximate surface area is 108 Å². The van der Waals surface area contributed by atoms with E-state index in [2.05, 4.69) is 15.0 Å². The van der Waals surface area contributed by atoms with Gasteiger partial charge in [-0.2, -0.15) is 5.26 Å². The van der Waals surface area contributed by atoms with Gasteiger partial charge in [-0.1, -0.05) is 0 Å². The molecule has 3 heterocycles. The first kappa shape index (κ1) is 11.1. The van der Waals surface area contributed by atoms with Gasteiger partial charge in [-0.3, -0.25) is 14.8 Å². The highest BCUT2D eigenvalue weighted by Crippen LogP contribution is 2.24. The fraction of sp³-hybridized carbons (Fsp3) is 0. The fourth-order valence-corrected chi connectivity index (χ4v) is 1.95. The molecule has 0 aromatic carbocycles. The lowest BCUT2D eigenvalue weighted by atomic mass is 10.1. The van der Waals surface area contributed by atoms with Crippen LogP contribution in [0.15, 0.2) is 47.7 Å². The summed E-state index contributed by atoms with van der Waals surface area (Å²) in [6.07, 6.45) is 4.97. The molecular weight excluding hydrogens is 240 g/mol. The summed E-state index contributed by atoms with van der Waals surface area (Å²) in [4.78, 5) is 22.6. The number of nitriles is 1. The zero-order chi connectivity index (χ0) is 13.2. The fourth-order valence-electron chi connectivity index (χ4n) is 1.95. The molecule has 5 nitrogen and oxygen atoms in total. The van der Waals surface area contributed by atoms with E-state index in [9.17, 15) is 4.79 Å². The number of pyridine rings is 3. The average molecular weight is 248 g/mol. The first-order valence-corrected chi connectivity index (χ1v) is 5.62. The Morgan fingerprint density at radius 2 is 1.95 bits per heavy atom. The molecule has 0 bridgehead atoms. The van der Waals surface area contributed by atoms with E-state index < -0.39 is 0 Å². The van der Waals surface area contributed by atoms with Crippen LogP contribution < -0.4 is 5.56 Å². The lowest BCUT2D eigenvalue weighted by Gasteiger charge is -2.05. The van der Waals surface area contributed by atoms with Gasteiger partial charge in [0.2, 0.25) is 0 Å². The molecule has 0 spiro atoms. The number of nitrogens with one attached hydrogen (secondary N) is 1. The van der Waals surface area contributed by atoms with Crippen molar-refractivity contribution in [1.82, 2.24) is 15.0 Å². The van der Waals surface area contributed by atoms with E-state index in [1.807, 2.05) is 18.2 Å². The molecule has 0 aliphatic carbocycles. The molecule has 0 saturated heterocycles. The maximum Gasteiger partial charge on any atom is 0.266 e. The molecule has 0 aliphatic heterocycles. The van der Waals surface area contributed by atoms with E-state index in [1.165, 1.54) is 0 Å². The van der Waals surface area contributed by atoms with Gasteiger partial charge in [-0.05, 0) is 24.3 Å². The number of H-pyrrole nitrogens is 1. The molecule has 0 amide bonds. The van der Waals surface area contributed by atoms with Crippen LogP contribution in [-0.4, -0.2) is 15.0 Å². The van der Waals surface area contributed by atoms with E-state index >= 15 is 0 Å². The first-order chi connectivity index (χ1) is 9.29. The Kier molecular flexibility index (Phi) is 2.54. The molecule has 90 valence electrons. The molecule has 0 unspecified atom stereocenters. The zero-order valence-corrected chi connectivity index (χ0v) is 9.79. The highest BCUT2D eigenvalue weighted by atomic mass is 16.1. The van der Waals surface area contributed by atoms with Crippen molar-refractivity contribution in [2.75, 3.05) is 0 Å². The van der Waals surface area contributed by atoms with E-state index in [-0.39, 0.29) is 11.1 Å². The van der Waals surface area contributed by atoms with Crippen LogP contribution in [0.2, 0.25) is 0 Å². The minimum absolute atomic E-state index is 0.0795. The summed E-state index contributed by atoms with van der Waals surface area (Å²) >= 11 is 0. The quantitative estimate of drug-likeness (QED) is 0.712. The molecule has 0 saturated carbocycles. The molecule has 5 heteroatoms. The van der Waals surface area contributed by atoms with Gasteiger partial charge in [0.15, 0.2) is 0 Å². The summed E-state index contributed by atoms with van der Waals surface area (Å²) in [5, 5.41) is 9.68. The normalized spacial score (nSPS) is 10.3. The Bertz CT molecular complexity index is 847. The number of hydrogen-bond acceptors (Lipinski definition) is 4. The van der Waals surface area contributed by atoms with Crippen molar-refractivity contribution in [2.24, 2.45) is 0 Å². The van der Waals surface area contributed by atoms with Crippen LogP contribution in [0, 0.1) is 11.3 Å². The smallest absolute Gasteiger partial charge is 0.266 e. The minimum atomic E-state index is -0.387. The summed E-state index contributed by atoms with van der Waals surface area (Å²) in [6.45, 7) is 0. The summed E-state index contributed by atoms with van der Waals surface area (Å²) < 4.78 is 0. The van der Waals surface area contributed by atoms with Crippen LogP contribution in [0.3, 0.4) is 0 Å². The topological polar surface area (TPSA) is 82.4 Å². The Morgan fingerprint density at radius 1 is 1.16 bits per heavy atom. The van der Waals surface area contributed by atoms with Crippen molar-refractivity contribution in [2.45, 2.75) is 0 Å². The van der Waals surface area contributed by atoms with Gasteiger partial charge in [-0.15, -0.1) is 0 Å². The molecule has 0 aliphatic rings. The second kappa shape index (κ2) is 4.35. The number of nitrogens with zero attached hydrogens (tertiary/aromatic N) is 3. The van der Waals surface area contributed by atoms with Gasteiger partial charge in [0.1, 0.15) is 11.6 Å². The van der Waals surface area contributed by atoms with Crippen LogP contribution >= 0.6 is 0 Å². The number of aromatic amines is 1. The van der Waals surface area contributed by atoms with Crippen molar-refractivity contribution in [3.63, 3.8) is 0 Å². The molecule has 1 N–H and O–H groups in total. The number of rotatable bonds is 1. The standard InChI is InChI=1S/C14H8N4O/c15-8-10-7-11-12(18-14(10)19)3-6-17-13(11)9-1-4-16-5-2-9/h1-7H,(H,18,19). The minimum Gasteiger partial charge on any atom is -0.321 e. The maximum absolute atomic E-state index is 11.6. The SMILES string of the molecule is N#Cc1cc2c(-c3ccncc3)nccc2[nH]c1=O. The van der Waals surface area contributed by atoms with Crippen LogP contribution in [0.5, 0.6) is 0 Å². The third-order valence-corrected chi connectivity index (χ3v) is 2.85. The molecule has 3 aromatic rings. The first-order valence-electron chi connectivity index (χ1n) is 5.62. The highest BCUT2D eigenvalue weighted by Gasteiger charge is 2.08. The Hall–Kier alpha value is -3.00. The number of fused-ring (bicyclic) bond motifs is 1. The predicted molar refractivity (Wildman–Crippen MR) is 70.3 cm³/mol. The van der Waals surface area contributed by atoms with Gasteiger partial charge in [0.25, 0.3) is 5.56 Å². The summed E-state index contributed by atoms with van der Waals surface area (Å²) in [7, 11) is 0. The summed E-state index contributed by atoms with van der Waals surface area (Å²) in [5.74, 6) is 0. The van der Waals surface area contributed by atoms with Crippen LogP contribution in [0.25, 0.3) is 22.2 Å². The van der Waals surface area contributed by atoms with Crippen molar-refractivity contribution in [3.8, 4) is 17.3 Å². The molecular formula is C14H8N4O. The number of aromatic nitrogens is 3. The summed E-state index contributed by atoms with van der Waals surface area (Å²) in [6, 6.07) is 8.82. The molecule has 3 aromatic heterocycles. The number of hydrogen-bond donors (Lipinski definition) is 1. The lowest BCUT2D eigenvalue weighted by molar-refractivity contribution is 1.25. The second-order valence-electron chi connectivity index (χ2n) is 3.98. The van der Waals surface area contributed by atoms with Crippen molar-refractivity contribution in [3.05, 3.63) is 58.8 Å². The molecule has 3 rings (SSSR count). The zero-order valence-electron chi connectivity index (χ0n) is 9.79. The van der Waals surface area contributed by atoms with Crippen LogP contribution in [0.4, 0.5) is 0 Å². The summed E-state index contributed by atoms with van der Waals surface area (Å²) in [5.41, 5.74) is 1.95.